The molecule has 0 N–H and O–H groups in total. The Morgan fingerprint density at radius 1 is 1.18 bits per heavy atom. The average Bonchev–Trinajstić information content (AvgIpc) is 2.05. The van der Waals surface area contributed by atoms with E-state index in [4.69, 9.17) is 4.74 Å². The first-order valence-corrected chi connectivity index (χ1v) is 4.27. The van der Waals surface area contributed by atoms with Gasteiger partial charge in [0, 0.05) is 4.90 Å². The molecule has 1 nitrogen and oxygen atoms in total. The van der Waals surface area contributed by atoms with Crippen LogP contribution >= 0.6 is 11.8 Å². The van der Waals surface area contributed by atoms with Gasteiger partial charge in [-0.25, -0.2) is 0 Å². The van der Waals surface area contributed by atoms with Crippen molar-refractivity contribution < 1.29 is 4.74 Å². The summed E-state index contributed by atoms with van der Waals surface area (Å²) >= 11 is 1.73. The molecule has 0 unspecified atom stereocenters. The van der Waals surface area contributed by atoms with Gasteiger partial charge in [0.1, 0.15) is 5.75 Å². The van der Waals surface area contributed by atoms with E-state index in [0.717, 1.165) is 5.75 Å². The first-order chi connectivity index (χ1) is 4.86. The van der Waals surface area contributed by atoms with Crippen LogP contribution in [0.2, 0.25) is 0 Å². The molecule has 0 radical (unpaired) electrons. The fraction of sp³-hybridized carbons (Fsp3) is 0.250. The molecule has 0 aromatic heterocycles. The number of hydrogen-bond acceptors (Lipinski definition) is 2. The van der Waals surface area contributed by atoms with Crippen LogP contribution in [0.3, 0.4) is 0 Å². The van der Waals surface area contributed by atoms with Gasteiger partial charge in [0.25, 0.3) is 0 Å². The summed E-state index contributed by atoms with van der Waals surface area (Å²) in [6.07, 6.45) is 2.06. The van der Waals surface area contributed by atoms with Crippen LogP contribution in [0, 0.1) is 0 Å². The van der Waals surface area contributed by atoms with Gasteiger partial charge < -0.3 is 4.74 Å². The molecule has 0 aliphatic carbocycles. The molecule has 0 heterocycles. The van der Waals surface area contributed by atoms with Crippen molar-refractivity contribution in [2.45, 2.75) is 4.90 Å². The number of benzene rings is 1. The Morgan fingerprint density at radius 3 is 2.09 bits per heavy atom. The van der Waals surface area contributed by atoms with Crippen LogP contribution in [0.1, 0.15) is 0 Å². The molecule has 0 aliphatic heterocycles. The monoisotopic (exact) mass is 178 g/mol. The molecule has 0 amide bonds. The first kappa shape index (κ1) is 11.4. The summed E-state index contributed by atoms with van der Waals surface area (Å²) in [6.45, 7) is 0. The van der Waals surface area contributed by atoms with Gasteiger partial charge in [0.05, 0.1) is 7.11 Å². The summed E-state index contributed by atoms with van der Waals surface area (Å²) < 4.78 is 5.00. The summed E-state index contributed by atoms with van der Waals surface area (Å²) in [5.74, 6) is 0.915. The molecule has 1 aromatic rings. The number of ether oxygens (including phenoxy) is 1. The van der Waals surface area contributed by atoms with Crippen LogP contribution in [0.15, 0.2) is 29.2 Å². The molecular formula is C8H11NaOS. The van der Waals surface area contributed by atoms with E-state index < -0.39 is 0 Å². The average molecular weight is 178 g/mol. The Balaban J connectivity index is 0.000001000. The van der Waals surface area contributed by atoms with E-state index in [1.54, 1.807) is 18.9 Å². The van der Waals surface area contributed by atoms with Crippen molar-refractivity contribution in [3.63, 3.8) is 0 Å². The van der Waals surface area contributed by atoms with E-state index in [0.29, 0.717) is 0 Å². The summed E-state index contributed by atoms with van der Waals surface area (Å²) in [5.41, 5.74) is 0. The second kappa shape index (κ2) is 5.95. The zero-order valence-corrected chi connectivity index (χ0v) is 6.94. The van der Waals surface area contributed by atoms with Gasteiger partial charge in [0.15, 0.2) is 0 Å². The van der Waals surface area contributed by atoms with E-state index in [1.165, 1.54) is 4.90 Å². The minimum atomic E-state index is 0. The van der Waals surface area contributed by atoms with Gasteiger partial charge in [0.2, 0.25) is 0 Å². The quantitative estimate of drug-likeness (QED) is 0.504. The van der Waals surface area contributed by atoms with E-state index in [9.17, 15) is 0 Å². The van der Waals surface area contributed by atoms with Crippen LogP contribution in [-0.2, 0) is 0 Å². The fourth-order valence-corrected chi connectivity index (χ4v) is 1.12. The van der Waals surface area contributed by atoms with Gasteiger partial charge in [-0.05, 0) is 30.5 Å². The molecule has 56 valence electrons. The van der Waals surface area contributed by atoms with Crippen molar-refractivity contribution in [1.82, 2.24) is 0 Å². The van der Waals surface area contributed by atoms with Gasteiger partial charge in [-0.1, -0.05) is 0 Å². The Bertz CT molecular complexity index is 175. The third-order valence-corrected chi connectivity index (χ3v) is 2.04. The van der Waals surface area contributed by atoms with Crippen LogP contribution in [0.25, 0.3) is 0 Å². The molecule has 1 rings (SSSR count). The zero-order chi connectivity index (χ0) is 7.40. The summed E-state index contributed by atoms with van der Waals surface area (Å²) in [4.78, 5) is 1.26. The third-order valence-electron chi connectivity index (χ3n) is 1.30. The molecule has 0 saturated heterocycles. The first-order valence-electron chi connectivity index (χ1n) is 3.05. The molecule has 11 heavy (non-hydrogen) atoms. The normalized spacial score (nSPS) is 8.55. The van der Waals surface area contributed by atoms with Crippen molar-refractivity contribution in [3.05, 3.63) is 24.3 Å². The van der Waals surface area contributed by atoms with Crippen molar-refractivity contribution in [1.29, 1.82) is 0 Å². The second-order valence-corrected chi connectivity index (χ2v) is 2.76. The molecule has 0 atom stereocenters. The Morgan fingerprint density at radius 2 is 1.73 bits per heavy atom. The maximum absolute atomic E-state index is 5.00. The molecule has 1 aromatic carbocycles. The standard InChI is InChI=1S/C8H10OS.Na.H/c1-9-7-3-5-8(10-2)6-4-7;;/h3-6H,1-2H3;;. The molecule has 0 fully saturated rings. The van der Waals surface area contributed by atoms with Gasteiger partial charge in [-0.2, -0.15) is 0 Å². The molecule has 0 bridgehead atoms. The number of rotatable bonds is 2. The molecule has 0 spiro atoms. The van der Waals surface area contributed by atoms with Gasteiger partial charge in [-0.15, -0.1) is 11.8 Å². The van der Waals surface area contributed by atoms with Crippen LogP contribution < -0.4 is 4.74 Å². The van der Waals surface area contributed by atoms with Crippen molar-refractivity contribution in [2.75, 3.05) is 13.4 Å². The molecule has 0 saturated carbocycles. The second-order valence-electron chi connectivity index (χ2n) is 1.88. The Labute approximate surface area is 93.8 Å². The Kier molecular flexibility index (Phi) is 6.15. The van der Waals surface area contributed by atoms with Gasteiger partial charge >= 0.3 is 29.6 Å². The fourth-order valence-electron chi connectivity index (χ4n) is 0.712. The van der Waals surface area contributed by atoms with E-state index >= 15 is 0 Å². The number of methoxy groups -OCH3 is 1. The molecule has 3 heteroatoms. The van der Waals surface area contributed by atoms with Crippen molar-refractivity contribution in [2.24, 2.45) is 0 Å². The number of hydrogen-bond donors (Lipinski definition) is 0. The van der Waals surface area contributed by atoms with Crippen LogP contribution in [-0.4, -0.2) is 42.9 Å². The topological polar surface area (TPSA) is 9.23 Å². The molecule has 0 aliphatic rings. The third kappa shape index (κ3) is 3.52. The van der Waals surface area contributed by atoms with Gasteiger partial charge in [-0.3, -0.25) is 0 Å². The predicted molar refractivity (Wildman–Crippen MR) is 51.9 cm³/mol. The minimum absolute atomic E-state index is 0. The van der Waals surface area contributed by atoms with Crippen molar-refractivity contribution >= 4 is 41.3 Å². The van der Waals surface area contributed by atoms with E-state index in [2.05, 4.69) is 6.26 Å². The van der Waals surface area contributed by atoms with E-state index in [1.807, 2.05) is 24.3 Å². The van der Waals surface area contributed by atoms with Crippen molar-refractivity contribution in [3.8, 4) is 5.75 Å². The zero-order valence-electron chi connectivity index (χ0n) is 6.13. The molecular weight excluding hydrogens is 167 g/mol. The Hall–Kier alpha value is 0.370. The SMILES string of the molecule is COc1ccc(SC)cc1.[NaH]. The summed E-state index contributed by atoms with van der Waals surface area (Å²) in [7, 11) is 1.67. The van der Waals surface area contributed by atoms with E-state index in [-0.39, 0.29) is 29.6 Å². The maximum atomic E-state index is 5.00. The van der Waals surface area contributed by atoms with Crippen LogP contribution in [0.4, 0.5) is 0 Å². The van der Waals surface area contributed by atoms with Crippen LogP contribution in [0.5, 0.6) is 5.75 Å². The summed E-state index contributed by atoms with van der Waals surface area (Å²) in [5, 5.41) is 0. The summed E-state index contributed by atoms with van der Waals surface area (Å²) in [6, 6.07) is 8.02. The number of thioether (sulfide) groups is 1. The predicted octanol–water partition coefficient (Wildman–Crippen LogP) is 1.77.